The van der Waals surface area contributed by atoms with Crippen LogP contribution in [0.15, 0.2) is 42.9 Å². The van der Waals surface area contributed by atoms with Crippen molar-refractivity contribution in [2.45, 2.75) is 6.92 Å². The number of aromatic nitrogens is 4. The van der Waals surface area contributed by atoms with Gasteiger partial charge in [-0.25, -0.2) is 24.1 Å². The number of thiazole rings is 1. The number of rotatable bonds is 7. The van der Waals surface area contributed by atoms with Crippen LogP contribution in [0.1, 0.15) is 6.92 Å². The van der Waals surface area contributed by atoms with Gasteiger partial charge in [0.05, 0.1) is 10.4 Å². The third-order valence-electron chi connectivity index (χ3n) is 4.77. The number of fused-ring (bicyclic) bond motifs is 1. The molecule has 0 saturated carbocycles. The number of carboxylic acids is 1. The monoisotopic (exact) mass is 489 g/mol. The summed E-state index contributed by atoms with van der Waals surface area (Å²) in [6.07, 6.45) is 4.48. The Morgan fingerprint density at radius 3 is 2.54 bits per heavy atom. The number of nitrogens with one attached hydrogen (secondary N) is 2. The van der Waals surface area contributed by atoms with Gasteiger partial charge in [-0.2, -0.15) is 0 Å². The first-order chi connectivity index (χ1) is 16.4. The standard InChI is InChI=1S/C22H20FN7O3S.Li.H/c1-3-24-21(33)29-22-28-18-17(23)13(8-14(19(18)34-22)15-6-4-5-7-25-15)12-9-26-20(27-10-12)30(2)11-16(31)32;;/h4-10H,3,11H2,1-2H3,(H,31,32)(H2,24,28,29,33);;. The molecule has 0 radical (unpaired) electrons. The number of carbonyl (C=O) groups excluding carboxylic acids is 1. The van der Waals surface area contributed by atoms with Crippen molar-refractivity contribution in [1.82, 2.24) is 25.3 Å². The molecule has 35 heavy (non-hydrogen) atoms. The Kier molecular flexibility index (Phi) is 8.34. The van der Waals surface area contributed by atoms with Gasteiger partial charge in [-0.05, 0) is 25.1 Å². The van der Waals surface area contributed by atoms with Gasteiger partial charge in [0.15, 0.2) is 10.9 Å². The van der Waals surface area contributed by atoms with Crippen LogP contribution >= 0.6 is 11.3 Å². The van der Waals surface area contributed by atoms with Gasteiger partial charge in [-0.3, -0.25) is 15.1 Å². The summed E-state index contributed by atoms with van der Waals surface area (Å²) in [7, 11) is 1.55. The summed E-state index contributed by atoms with van der Waals surface area (Å²) in [6.45, 7) is 1.95. The Morgan fingerprint density at radius 1 is 1.17 bits per heavy atom. The molecule has 0 unspecified atom stereocenters. The van der Waals surface area contributed by atoms with Crippen LogP contribution < -0.4 is 15.5 Å². The van der Waals surface area contributed by atoms with Crippen molar-refractivity contribution >= 4 is 63.5 Å². The van der Waals surface area contributed by atoms with E-state index in [1.807, 2.05) is 6.07 Å². The molecule has 4 rings (SSSR count). The van der Waals surface area contributed by atoms with Crippen molar-refractivity contribution in [2.24, 2.45) is 0 Å². The molecule has 1 aromatic carbocycles. The summed E-state index contributed by atoms with van der Waals surface area (Å²) < 4.78 is 16.2. The number of nitrogens with zero attached hydrogens (tertiary/aromatic N) is 5. The van der Waals surface area contributed by atoms with E-state index in [1.54, 1.807) is 38.4 Å². The fourth-order valence-corrected chi connectivity index (χ4v) is 4.24. The van der Waals surface area contributed by atoms with E-state index in [2.05, 4.69) is 30.6 Å². The molecule has 0 aliphatic rings. The van der Waals surface area contributed by atoms with E-state index in [9.17, 15) is 9.59 Å². The SMILES string of the molecule is CCNC(=O)Nc1nc2c(F)c(-c3cnc(N(C)CC(=O)O)nc3)cc(-c3ccccn3)c2s1.[LiH]. The summed E-state index contributed by atoms with van der Waals surface area (Å²) in [4.78, 5) is 41.3. The van der Waals surface area contributed by atoms with E-state index in [1.165, 1.54) is 17.3 Å². The Morgan fingerprint density at radius 2 is 1.91 bits per heavy atom. The molecule has 3 heterocycles. The summed E-state index contributed by atoms with van der Waals surface area (Å²) in [5, 5.41) is 14.4. The molecule has 3 N–H and O–H groups in total. The zero-order valence-electron chi connectivity index (χ0n) is 18.2. The second-order valence-electron chi connectivity index (χ2n) is 7.20. The number of hydrogen-bond donors (Lipinski definition) is 3. The van der Waals surface area contributed by atoms with Crippen LogP contribution in [-0.2, 0) is 4.79 Å². The van der Waals surface area contributed by atoms with E-state index in [0.29, 0.717) is 28.1 Å². The first-order valence-corrected chi connectivity index (χ1v) is 11.0. The Hall–Kier alpha value is -3.59. The third kappa shape index (κ3) is 5.74. The maximum atomic E-state index is 15.6. The van der Waals surface area contributed by atoms with Crippen LogP contribution in [0, 0.1) is 5.82 Å². The molecule has 0 aliphatic heterocycles. The zero-order chi connectivity index (χ0) is 24.2. The molecule has 0 bridgehead atoms. The number of halogens is 1. The summed E-state index contributed by atoms with van der Waals surface area (Å²) in [6, 6.07) is 6.61. The predicted octanol–water partition coefficient (Wildman–Crippen LogP) is 2.97. The number of carbonyl (C=O) groups is 2. The van der Waals surface area contributed by atoms with Crippen molar-refractivity contribution in [3.8, 4) is 22.4 Å². The van der Waals surface area contributed by atoms with Crippen molar-refractivity contribution in [2.75, 3.05) is 30.4 Å². The van der Waals surface area contributed by atoms with Gasteiger partial charge < -0.3 is 15.3 Å². The summed E-state index contributed by atoms with van der Waals surface area (Å²) >= 11 is 1.15. The predicted molar refractivity (Wildman–Crippen MR) is 135 cm³/mol. The van der Waals surface area contributed by atoms with Gasteiger partial charge in [-0.1, -0.05) is 17.4 Å². The number of likely N-dealkylation sites (N-methyl/N-ethyl adjacent to an activating group) is 1. The van der Waals surface area contributed by atoms with Gasteiger partial charge in [-0.15, -0.1) is 0 Å². The van der Waals surface area contributed by atoms with Crippen LogP contribution in [-0.4, -0.2) is 76.0 Å². The number of carboxylic acid groups (broad SMARTS) is 1. The quantitative estimate of drug-likeness (QED) is 0.338. The van der Waals surface area contributed by atoms with Crippen LogP contribution in [0.4, 0.5) is 20.3 Å². The van der Waals surface area contributed by atoms with Crippen LogP contribution in [0.2, 0.25) is 0 Å². The molecule has 176 valence electrons. The summed E-state index contributed by atoms with van der Waals surface area (Å²) in [5.74, 6) is -1.42. The first-order valence-electron chi connectivity index (χ1n) is 10.2. The molecule has 0 spiro atoms. The molecule has 0 atom stereocenters. The average Bonchev–Trinajstić information content (AvgIpc) is 3.24. The molecule has 13 heteroatoms. The van der Waals surface area contributed by atoms with Crippen LogP contribution in [0.3, 0.4) is 0 Å². The van der Waals surface area contributed by atoms with E-state index in [4.69, 9.17) is 5.11 Å². The third-order valence-corrected chi connectivity index (χ3v) is 5.77. The van der Waals surface area contributed by atoms with Gasteiger partial charge in [0.2, 0.25) is 5.95 Å². The van der Waals surface area contributed by atoms with Crippen molar-refractivity contribution < 1.29 is 19.1 Å². The van der Waals surface area contributed by atoms with Crippen molar-refractivity contribution in [1.29, 1.82) is 0 Å². The number of pyridine rings is 1. The van der Waals surface area contributed by atoms with Crippen LogP contribution in [0.25, 0.3) is 32.6 Å². The first kappa shape index (κ1) is 26.0. The van der Waals surface area contributed by atoms with Crippen molar-refractivity contribution in [3.05, 3.63) is 48.7 Å². The molecule has 10 nitrogen and oxygen atoms in total. The van der Waals surface area contributed by atoms with Gasteiger partial charge >= 0.3 is 30.9 Å². The van der Waals surface area contributed by atoms with Gasteiger partial charge in [0.25, 0.3) is 0 Å². The molecule has 2 amide bonds. The number of aliphatic carboxylic acids is 1. The summed E-state index contributed by atoms with van der Waals surface area (Å²) in [5.41, 5.74) is 1.92. The van der Waals surface area contributed by atoms with Gasteiger partial charge in [0.1, 0.15) is 12.1 Å². The topological polar surface area (TPSA) is 133 Å². The van der Waals surface area contributed by atoms with E-state index in [0.717, 1.165) is 11.3 Å². The minimum absolute atomic E-state index is 0. The molecule has 0 aliphatic carbocycles. The number of urea groups is 1. The number of anilines is 2. The molecule has 4 aromatic rings. The second kappa shape index (κ2) is 11.2. The molecule has 0 fully saturated rings. The average molecular weight is 489 g/mol. The molecule has 3 aromatic heterocycles. The fourth-order valence-electron chi connectivity index (χ4n) is 3.26. The normalized spacial score (nSPS) is 10.5. The Bertz CT molecular complexity index is 1350. The Balaban J connectivity index is 0.00000342. The molecular weight excluding hydrogens is 468 g/mol. The molecule has 0 saturated heterocycles. The number of hydrogen-bond acceptors (Lipinski definition) is 8. The minimum atomic E-state index is -1.02. The van der Waals surface area contributed by atoms with E-state index < -0.39 is 17.8 Å². The zero-order valence-corrected chi connectivity index (χ0v) is 19.1. The fraction of sp³-hybridized carbons (Fsp3) is 0.182. The van der Waals surface area contributed by atoms with Crippen LogP contribution in [0.5, 0.6) is 0 Å². The molecular formula is C22H21FLiN7O3S. The van der Waals surface area contributed by atoms with E-state index in [-0.39, 0.29) is 47.6 Å². The van der Waals surface area contributed by atoms with Gasteiger partial charge in [0, 0.05) is 48.9 Å². The maximum absolute atomic E-state index is 15.6. The Labute approximate surface area is 215 Å². The van der Waals surface area contributed by atoms with E-state index >= 15 is 4.39 Å². The number of amides is 2. The number of benzene rings is 1. The van der Waals surface area contributed by atoms with Crippen molar-refractivity contribution in [3.63, 3.8) is 0 Å². The second-order valence-corrected chi connectivity index (χ2v) is 8.20.